The lowest BCUT2D eigenvalue weighted by Gasteiger charge is -2.03. The minimum atomic E-state index is -0.471. The number of rotatable bonds is 7. The standard InChI is InChI=1S/C16H14FN7O2S/c17-13-5-1-12(2-6-13)10-27-16-22-21-15(23(16)18)20-19-9-11-3-7-14(8-4-11)24(25)26/h1-9H,10,18H2,(H,20,21)/b19-9+. The molecule has 0 aliphatic heterocycles. The Bertz CT molecular complexity index is 958. The van der Waals surface area contributed by atoms with Gasteiger partial charge in [-0.2, -0.15) is 5.10 Å². The maximum absolute atomic E-state index is 12.9. The summed E-state index contributed by atoms with van der Waals surface area (Å²) in [5, 5.41) is 22.9. The number of nitrogen functional groups attached to an aromatic ring is 1. The van der Waals surface area contributed by atoms with Crippen LogP contribution in [0, 0.1) is 15.9 Å². The van der Waals surface area contributed by atoms with Crippen molar-refractivity contribution in [2.75, 3.05) is 11.3 Å². The molecular weight excluding hydrogens is 373 g/mol. The van der Waals surface area contributed by atoms with Crippen LogP contribution in [0.5, 0.6) is 0 Å². The van der Waals surface area contributed by atoms with Gasteiger partial charge in [0.1, 0.15) is 5.82 Å². The molecule has 0 atom stereocenters. The molecule has 3 N–H and O–H groups in total. The Morgan fingerprint density at radius 3 is 2.59 bits per heavy atom. The van der Waals surface area contributed by atoms with E-state index in [-0.39, 0.29) is 17.5 Å². The van der Waals surface area contributed by atoms with E-state index in [0.717, 1.165) is 5.56 Å². The SMILES string of the molecule is Nn1c(N/N=C/c2ccc([N+](=O)[O-])cc2)nnc1SCc1ccc(F)cc1. The van der Waals surface area contributed by atoms with Gasteiger partial charge in [0.25, 0.3) is 11.6 Å². The van der Waals surface area contributed by atoms with E-state index in [4.69, 9.17) is 5.84 Å². The van der Waals surface area contributed by atoms with Crippen molar-refractivity contribution in [2.45, 2.75) is 10.9 Å². The molecule has 3 rings (SSSR count). The molecule has 0 spiro atoms. The van der Waals surface area contributed by atoms with Crippen LogP contribution in [0.25, 0.3) is 0 Å². The zero-order chi connectivity index (χ0) is 19.2. The number of nitrogens with one attached hydrogen (secondary N) is 1. The highest BCUT2D eigenvalue weighted by molar-refractivity contribution is 7.98. The third-order valence-electron chi connectivity index (χ3n) is 3.43. The van der Waals surface area contributed by atoms with Gasteiger partial charge in [-0.25, -0.2) is 14.5 Å². The molecule has 0 radical (unpaired) electrons. The molecular formula is C16H14FN7O2S. The first kappa shape index (κ1) is 18.3. The largest absolute Gasteiger partial charge is 0.334 e. The highest BCUT2D eigenvalue weighted by atomic mass is 32.2. The lowest BCUT2D eigenvalue weighted by Crippen LogP contribution is -2.13. The average molecular weight is 387 g/mol. The molecule has 27 heavy (non-hydrogen) atoms. The summed E-state index contributed by atoms with van der Waals surface area (Å²) in [5.74, 6) is 6.42. The summed E-state index contributed by atoms with van der Waals surface area (Å²) < 4.78 is 14.2. The number of nitrogens with two attached hydrogens (primary N) is 1. The smallest absolute Gasteiger partial charge is 0.269 e. The second-order valence-corrected chi connectivity index (χ2v) is 6.25. The Hall–Kier alpha value is -3.47. The van der Waals surface area contributed by atoms with E-state index in [1.807, 2.05) is 0 Å². The van der Waals surface area contributed by atoms with Gasteiger partial charge >= 0.3 is 0 Å². The fraction of sp³-hybridized carbons (Fsp3) is 0.0625. The molecule has 0 saturated heterocycles. The summed E-state index contributed by atoms with van der Waals surface area (Å²) in [4.78, 5) is 10.1. The van der Waals surface area contributed by atoms with Crippen LogP contribution in [-0.4, -0.2) is 26.0 Å². The van der Waals surface area contributed by atoms with Crippen molar-refractivity contribution in [1.29, 1.82) is 0 Å². The Morgan fingerprint density at radius 2 is 1.93 bits per heavy atom. The van der Waals surface area contributed by atoms with Crippen molar-refractivity contribution in [3.8, 4) is 0 Å². The number of nitro groups is 1. The molecule has 3 aromatic rings. The van der Waals surface area contributed by atoms with Gasteiger partial charge in [0, 0.05) is 17.9 Å². The van der Waals surface area contributed by atoms with Gasteiger partial charge in [-0.15, -0.1) is 10.2 Å². The number of halogens is 1. The minimum Gasteiger partial charge on any atom is -0.334 e. The van der Waals surface area contributed by atoms with Gasteiger partial charge in [-0.1, -0.05) is 23.9 Å². The summed E-state index contributed by atoms with van der Waals surface area (Å²) in [6, 6.07) is 12.1. The number of aromatic nitrogens is 3. The normalized spacial score (nSPS) is 11.0. The monoisotopic (exact) mass is 387 g/mol. The molecule has 0 unspecified atom stereocenters. The van der Waals surface area contributed by atoms with Crippen LogP contribution in [0.3, 0.4) is 0 Å². The van der Waals surface area contributed by atoms with Crippen molar-refractivity contribution in [3.05, 3.63) is 75.6 Å². The zero-order valence-corrected chi connectivity index (χ0v) is 14.6. The first-order chi connectivity index (χ1) is 13.0. The van der Waals surface area contributed by atoms with Crippen LogP contribution in [0.15, 0.2) is 58.8 Å². The number of thioether (sulfide) groups is 1. The molecule has 0 aliphatic rings. The number of nitrogens with zero attached hydrogens (tertiary/aromatic N) is 5. The van der Waals surface area contributed by atoms with Gasteiger partial charge < -0.3 is 5.84 Å². The van der Waals surface area contributed by atoms with E-state index < -0.39 is 4.92 Å². The summed E-state index contributed by atoms with van der Waals surface area (Å²) in [6.45, 7) is 0. The van der Waals surface area contributed by atoms with E-state index in [2.05, 4.69) is 20.7 Å². The summed E-state index contributed by atoms with van der Waals surface area (Å²) >= 11 is 1.35. The Balaban J connectivity index is 1.58. The minimum absolute atomic E-state index is 0.00429. The molecule has 0 amide bonds. The van der Waals surface area contributed by atoms with E-state index in [1.54, 1.807) is 24.3 Å². The highest BCUT2D eigenvalue weighted by Gasteiger charge is 2.10. The predicted molar refractivity (Wildman–Crippen MR) is 100 cm³/mol. The lowest BCUT2D eigenvalue weighted by molar-refractivity contribution is -0.384. The van der Waals surface area contributed by atoms with Crippen molar-refractivity contribution in [1.82, 2.24) is 14.9 Å². The highest BCUT2D eigenvalue weighted by Crippen LogP contribution is 2.21. The van der Waals surface area contributed by atoms with Crippen molar-refractivity contribution >= 4 is 29.6 Å². The van der Waals surface area contributed by atoms with Crippen LogP contribution in [0.4, 0.5) is 16.0 Å². The topological polar surface area (TPSA) is 124 Å². The summed E-state index contributed by atoms with van der Waals surface area (Å²) in [7, 11) is 0. The molecule has 0 fully saturated rings. The number of nitro benzene ring substituents is 1. The second kappa shape index (κ2) is 8.27. The number of anilines is 1. The van der Waals surface area contributed by atoms with Crippen LogP contribution >= 0.6 is 11.8 Å². The second-order valence-electron chi connectivity index (χ2n) is 5.31. The van der Waals surface area contributed by atoms with Crippen molar-refractivity contribution in [2.24, 2.45) is 5.10 Å². The molecule has 0 bridgehead atoms. The molecule has 0 aliphatic carbocycles. The number of benzene rings is 2. The van der Waals surface area contributed by atoms with E-state index in [1.165, 1.54) is 46.9 Å². The third kappa shape index (κ3) is 4.79. The zero-order valence-electron chi connectivity index (χ0n) is 13.8. The fourth-order valence-corrected chi connectivity index (χ4v) is 2.84. The number of non-ortho nitro benzene ring substituents is 1. The lowest BCUT2D eigenvalue weighted by atomic mass is 10.2. The quantitative estimate of drug-likeness (QED) is 0.210. The average Bonchev–Trinajstić information content (AvgIpc) is 3.02. The number of hydrogen-bond acceptors (Lipinski definition) is 8. The maximum atomic E-state index is 12.9. The summed E-state index contributed by atoms with van der Waals surface area (Å²) in [6.07, 6.45) is 1.48. The fourth-order valence-electron chi connectivity index (χ4n) is 2.03. The number of hydrogen-bond donors (Lipinski definition) is 2. The van der Waals surface area contributed by atoms with Crippen molar-refractivity contribution in [3.63, 3.8) is 0 Å². The Kier molecular flexibility index (Phi) is 5.61. The summed E-state index contributed by atoms with van der Waals surface area (Å²) in [5.41, 5.74) is 4.26. The van der Waals surface area contributed by atoms with Crippen molar-refractivity contribution < 1.29 is 9.31 Å². The Morgan fingerprint density at radius 1 is 1.22 bits per heavy atom. The van der Waals surface area contributed by atoms with E-state index >= 15 is 0 Å². The maximum Gasteiger partial charge on any atom is 0.269 e. The van der Waals surface area contributed by atoms with Gasteiger partial charge in [0.05, 0.1) is 11.1 Å². The third-order valence-corrected chi connectivity index (χ3v) is 4.44. The van der Waals surface area contributed by atoms with E-state index in [9.17, 15) is 14.5 Å². The van der Waals surface area contributed by atoms with Gasteiger partial charge in [-0.05, 0) is 35.4 Å². The van der Waals surface area contributed by atoms with Crippen LogP contribution in [0.2, 0.25) is 0 Å². The van der Waals surface area contributed by atoms with Crippen LogP contribution in [0.1, 0.15) is 11.1 Å². The molecule has 0 saturated carbocycles. The predicted octanol–water partition coefficient (Wildman–Crippen LogP) is 2.78. The molecule has 1 heterocycles. The molecule has 1 aromatic heterocycles. The first-order valence-electron chi connectivity index (χ1n) is 7.64. The molecule has 2 aromatic carbocycles. The van der Waals surface area contributed by atoms with Crippen LogP contribution < -0.4 is 11.3 Å². The van der Waals surface area contributed by atoms with Gasteiger partial charge in [0.15, 0.2) is 0 Å². The van der Waals surface area contributed by atoms with E-state index in [0.29, 0.717) is 16.5 Å². The van der Waals surface area contributed by atoms with Gasteiger partial charge in [-0.3, -0.25) is 10.1 Å². The van der Waals surface area contributed by atoms with Gasteiger partial charge in [0.2, 0.25) is 5.16 Å². The number of hydrazone groups is 1. The Labute approximate surface area is 157 Å². The van der Waals surface area contributed by atoms with Crippen LogP contribution in [-0.2, 0) is 5.75 Å². The molecule has 11 heteroatoms. The first-order valence-corrected chi connectivity index (χ1v) is 8.63. The molecule has 138 valence electrons. The molecule has 9 nitrogen and oxygen atoms in total.